The molecule has 2 amide bonds. The maximum atomic E-state index is 12.3. The highest BCUT2D eigenvalue weighted by Crippen LogP contribution is 2.17. The van der Waals surface area contributed by atoms with Gasteiger partial charge in [-0.1, -0.05) is 23.8 Å². The number of hydrogen-bond donors (Lipinski definition) is 2. The zero-order chi connectivity index (χ0) is 19.9. The van der Waals surface area contributed by atoms with Gasteiger partial charge in [0, 0.05) is 11.3 Å². The van der Waals surface area contributed by atoms with Crippen molar-refractivity contribution in [3.8, 4) is 5.75 Å². The van der Waals surface area contributed by atoms with Crippen LogP contribution in [0.1, 0.15) is 26.5 Å². The number of ether oxygens (including phenoxy) is 1. The van der Waals surface area contributed by atoms with Gasteiger partial charge in [0.2, 0.25) is 0 Å². The lowest BCUT2D eigenvalue weighted by Gasteiger charge is -2.09. The van der Waals surface area contributed by atoms with Crippen LogP contribution in [0.3, 0.4) is 0 Å². The third kappa shape index (κ3) is 5.47. The molecule has 0 saturated carbocycles. The van der Waals surface area contributed by atoms with Gasteiger partial charge in [0.05, 0.1) is 6.54 Å². The third-order valence-corrected chi connectivity index (χ3v) is 4.28. The van der Waals surface area contributed by atoms with Crippen LogP contribution >= 0.6 is 15.9 Å². The maximum Gasteiger partial charge on any atom is 0.291 e. The average Bonchev–Trinajstić information content (AvgIpc) is 3.13. The van der Waals surface area contributed by atoms with Crippen molar-refractivity contribution in [1.29, 1.82) is 0 Å². The standard InChI is InChI=1S/C21H19BrN2O4/c1-14-5-7-17(8-6-14)27-12-11-23-20(25)15-3-2-4-16(13-15)24-21(26)18-9-10-19(22)28-18/h2-10,13H,11-12H2,1H3,(H,23,25)(H,24,26). The molecule has 0 radical (unpaired) electrons. The molecule has 2 N–H and O–H groups in total. The summed E-state index contributed by atoms with van der Waals surface area (Å²) in [5.41, 5.74) is 2.10. The minimum Gasteiger partial charge on any atom is -0.492 e. The first-order valence-corrected chi connectivity index (χ1v) is 9.45. The predicted octanol–water partition coefficient (Wildman–Crippen LogP) is 4.41. The summed E-state index contributed by atoms with van der Waals surface area (Å²) in [4.78, 5) is 24.4. The Labute approximate surface area is 171 Å². The molecule has 3 aromatic rings. The molecule has 2 aromatic carbocycles. The van der Waals surface area contributed by atoms with Gasteiger partial charge in [0.15, 0.2) is 10.4 Å². The number of aryl methyl sites for hydroxylation is 1. The van der Waals surface area contributed by atoms with E-state index < -0.39 is 5.91 Å². The van der Waals surface area contributed by atoms with Gasteiger partial charge < -0.3 is 19.8 Å². The van der Waals surface area contributed by atoms with Crippen LogP contribution in [0.5, 0.6) is 5.75 Å². The van der Waals surface area contributed by atoms with E-state index in [9.17, 15) is 9.59 Å². The molecule has 0 saturated heterocycles. The lowest BCUT2D eigenvalue weighted by Crippen LogP contribution is -2.28. The Kier molecular flexibility index (Phi) is 6.49. The first kappa shape index (κ1) is 19.7. The first-order chi connectivity index (χ1) is 13.5. The highest BCUT2D eigenvalue weighted by molar-refractivity contribution is 9.10. The van der Waals surface area contributed by atoms with Gasteiger partial charge in [-0.2, -0.15) is 0 Å². The van der Waals surface area contributed by atoms with E-state index in [1.165, 1.54) is 0 Å². The summed E-state index contributed by atoms with van der Waals surface area (Å²) >= 11 is 3.15. The van der Waals surface area contributed by atoms with Crippen molar-refractivity contribution in [2.24, 2.45) is 0 Å². The van der Waals surface area contributed by atoms with E-state index in [2.05, 4.69) is 26.6 Å². The van der Waals surface area contributed by atoms with Crippen LogP contribution < -0.4 is 15.4 Å². The largest absolute Gasteiger partial charge is 0.492 e. The summed E-state index contributed by atoms with van der Waals surface area (Å²) in [6, 6.07) is 17.6. The molecule has 1 heterocycles. The Bertz CT molecular complexity index is 967. The Morgan fingerprint density at radius 3 is 2.54 bits per heavy atom. The molecule has 0 aliphatic carbocycles. The van der Waals surface area contributed by atoms with Gasteiger partial charge in [-0.3, -0.25) is 9.59 Å². The zero-order valence-corrected chi connectivity index (χ0v) is 16.8. The number of hydrogen-bond acceptors (Lipinski definition) is 4. The quantitative estimate of drug-likeness (QED) is 0.530. The molecule has 0 fully saturated rings. The summed E-state index contributed by atoms with van der Waals surface area (Å²) in [6.07, 6.45) is 0. The number of halogens is 1. The molecule has 0 aliphatic rings. The van der Waals surface area contributed by atoms with E-state index >= 15 is 0 Å². The molecule has 0 bridgehead atoms. The lowest BCUT2D eigenvalue weighted by atomic mass is 10.2. The summed E-state index contributed by atoms with van der Waals surface area (Å²) in [5, 5.41) is 5.50. The number of carbonyl (C=O) groups excluding carboxylic acids is 2. The highest BCUT2D eigenvalue weighted by Gasteiger charge is 2.12. The van der Waals surface area contributed by atoms with E-state index in [0.29, 0.717) is 29.1 Å². The topological polar surface area (TPSA) is 80.6 Å². The second-order valence-corrected chi connectivity index (χ2v) is 6.84. The fraction of sp³-hybridized carbons (Fsp3) is 0.143. The van der Waals surface area contributed by atoms with Gasteiger partial charge in [-0.05, 0) is 65.3 Å². The SMILES string of the molecule is Cc1ccc(OCCNC(=O)c2cccc(NC(=O)c3ccc(Br)o3)c2)cc1. The maximum absolute atomic E-state index is 12.3. The second-order valence-electron chi connectivity index (χ2n) is 6.06. The van der Waals surface area contributed by atoms with Gasteiger partial charge in [0.25, 0.3) is 11.8 Å². The van der Waals surface area contributed by atoms with Crippen LogP contribution in [0.25, 0.3) is 0 Å². The van der Waals surface area contributed by atoms with Crippen LogP contribution in [0.15, 0.2) is 69.8 Å². The van der Waals surface area contributed by atoms with E-state index in [-0.39, 0.29) is 11.7 Å². The molecule has 7 heteroatoms. The molecular formula is C21H19BrN2O4. The molecular weight excluding hydrogens is 424 g/mol. The number of carbonyl (C=O) groups is 2. The number of furan rings is 1. The van der Waals surface area contributed by atoms with Crippen LogP contribution in [0, 0.1) is 6.92 Å². The van der Waals surface area contributed by atoms with Crippen LogP contribution in [0.4, 0.5) is 5.69 Å². The first-order valence-electron chi connectivity index (χ1n) is 8.66. The minimum absolute atomic E-state index is 0.176. The van der Waals surface area contributed by atoms with E-state index in [0.717, 1.165) is 11.3 Å². The van der Waals surface area contributed by atoms with Gasteiger partial charge in [-0.15, -0.1) is 0 Å². The highest BCUT2D eigenvalue weighted by atomic mass is 79.9. The molecule has 144 valence electrons. The number of nitrogens with one attached hydrogen (secondary N) is 2. The van der Waals surface area contributed by atoms with Crippen molar-refractivity contribution in [2.45, 2.75) is 6.92 Å². The summed E-state index contributed by atoms with van der Waals surface area (Å²) in [5.74, 6) is 0.295. The molecule has 3 rings (SSSR count). The van der Waals surface area contributed by atoms with Gasteiger partial charge >= 0.3 is 0 Å². The van der Waals surface area contributed by atoms with Crippen molar-refractivity contribution in [2.75, 3.05) is 18.5 Å². The Morgan fingerprint density at radius 2 is 1.82 bits per heavy atom. The lowest BCUT2D eigenvalue weighted by molar-refractivity contribution is 0.0945. The van der Waals surface area contributed by atoms with Crippen LogP contribution in [0.2, 0.25) is 0 Å². The van der Waals surface area contributed by atoms with Crippen LogP contribution in [-0.4, -0.2) is 25.0 Å². The van der Waals surface area contributed by atoms with E-state index in [1.807, 2.05) is 31.2 Å². The zero-order valence-electron chi connectivity index (χ0n) is 15.2. The van der Waals surface area contributed by atoms with Crippen LogP contribution in [-0.2, 0) is 0 Å². The normalized spacial score (nSPS) is 10.4. The number of anilines is 1. The van der Waals surface area contributed by atoms with Crippen molar-refractivity contribution in [1.82, 2.24) is 5.32 Å². The summed E-state index contributed by atoms with van der Waals surface area (Å²) in [6.45, 7) is 2.73. The fourth-order valence-electron chi connectivity index (χ4n) is 2.44. The van der Waals surface area contributed by atoms with Gasteiger partial charge in [0.1, 0.15) is 12.4 Å². The average molecular weight is 443 g/mol. The fourth-order valence-corrected chi connectivity index (χ4v) is 2.74. The van der Waals surface area contributed by atoms with Crippen molar-refractivity contribution >= 4 is 33.4 Å². The molecule has 0 atom stereocenters. The predicted molar refractivity (Wildman–Crippen MR) is 110 cm³/mol. The molecule has 28 heavy (non-hydrogen) atoms. The van der Waals surface area contributed by atoms with E-state index in [1.54, 1.807) is 36.4 Å². The van der Waals surface area contributed by atoms with E-state index in [4.69, 9.17) is 9.15 Å². The van der Waals surface area contributed by atoms with Gasteiger partial charge in [-0.25, -0.2) is 0 Å². The number of benzene rings is 2. The smallest absolute Gasteiger partial charge is 0.291 e. The number of rotatable bonds is 7. The monoisotopic (exact) mass is 442 g/mol. The summed E-state index contributed by atoms with van der Waals surface area (Å²) < 4.78 is 11.3. The second kappa shape index (κ2) is 9.23. The Morgan fingerprint density at radius 1 is 1.04 bits per heavy atom. The van der Waals surface area contributed by atoms with Crippen molar-refractivity contribution in [3.05, 3.63) is 82.2 Å². The third-order valence-electron chi connectivity index (χ3n) is 3.86. The summed E-state index contributed by atoms with van der Waals surface area (Å²) in [7, 11) is 0. The Hall–Kier alpha value is -3.06. The molecule has 0 unspecified atom stereocenters. The van der Waals surface area contributed by atoms with Crippen molar-refractivity contribution in [3.63, 3.8) is 0 Å². The molecule has 0 spiro atoms. The Balaban J connectivity index is 1.50. The minimum atomic E-state index is -0.394. The molecule has 1 aromatic heterocycles. The number of amides is 2. The molecule has 6 nitrogen and oxygen atoms in total. The van der Waals surface area contributed by atoms with Crippen molar-refractivity contribution < 1.29 is 18.7 Å². The molecule has 0 aliphatic heterocycles.